The molecule has 0 aliphatic carbocycles. The lowest BCUT2D eigenvalue weighted by molar-refractivity contribution is -0.147. The van der Waals surface area contributed by atoms with E-state index in [0.717, 1.165) is 5.56 Å². The molecule has 0 saturated carbocycles. The van der Waals surface area contributed by atoms with Crippen LogP contribution in [-0.2, 0) is 24.1 Å². The third-order valence-corrected chi connectivity index (χ3v) is 5.10. The Hall–Kier alpha value is -3.03. The predicted octanol–water partition coefficient (Wildman–Crippen LogP) is 4.71. The van der Waals surface area contributed by atoms with Crippen molar-refractivity contribution >= 4 is 17.1 Å². The van der Waals surface area contributed by atoms with Gasteiger partial charge in [0.15, 0.2) is 0 Å². The van der Waals surface area contributed by atoms with Crippen LogP contribution in [0.25, 0.3) is 11.0 Å². The van der Waals surface area contributed by atoms with Crippen LogP contribution in [0.4, 0.5) is 18.0 Å². The fourth-order valence-electron chi connectivity index (χ4n) is 3.69. The molecule has 1 fully saturated rings. The van der Waals surface area contributed by atoms with Gasteiger partial charge in [0, 0.05) is 19.6 Å². The second kappa shape index (κ2) is 7.77. The van der Waals surface area contributed by atoms with Gasteiger partial charge in [0.05, 0.1) is 11.0 Å². The number of halogens is 3. The maximum Gasteiger partial charge on any atom is 0.449 e. The molecule has 29 heavy (non-hydrogen) atoms. The standard InChI is InChI=1S/C21H20F3N3O2/c22-21(23,24)19-25-17-8-4-5-9-18(17)27(19)13-16-10-11-26(12-16)20(28)29-14-15-6-2-1-3-7-15/h1-9,16H,10-14H2/t16-/m0/s1. The molecule has 0 N–H and O–H groups in total. The molecule has 4 rings (SSSR count). The van der Waals surface area contributed by atoms with Crippen molar-refractivity contribution in [1.29, 1.82) is 0 Å². The number of para-hydroxylation sites is 2. The number of carbonyl (C=O) groups excluding carboxylic acids is 1. The van der Waals surface area contributed by atoms with Gasteiger partial charge in [0.25, 0.3) is 0 Å². The number of alkyl halides is 3. The summed E-state index contributed by atoms with van der Waals surface area (Å²) in [6.07, 6.45) is -4.36. The number of aromatic nitrogens is 2. The normalized spacial score (nSPS) is 17.1. The second-order valence-corrected chi connectivity index (χ2v) is 7.17. The Morgan fingerprint density at radius 1 is 1.10 bits per heavy atom. The zero-order valence-electron chi connectivity index (χ0n) is 15.6. The van der Waals surface area contributed by atoms with Crippen molar-refractivity contribution in [2.45, 2.75) is 25.7 Å². The maximum absolute atomic E-state index is 13.5. The number of benzene rings is 2. The summed E-state index contributed by atoms with van der Waals surface area (Å²) < 4.78 is 46.9. The van der Waals surface area contributed by atoms with Gasteiger partial charge in [0.2, 0.25) is 5.82 Å². The minimum Gasteiger partial charge on any atom is -0.445 e. The first-order chi connectivity index (χ1) is 13.9. The van der Waals surface area contributed by atoms with Crippen LogP contribution in [-0.4, -0.2) is 33.6 Å². The number of rotatable bonds is 4. The molecule has 3 aromatic rings. The molecule has 152 valence electrons. The first-order valence-corrected chi connectivity index (χ1v) is 9.40. The Labute approximate surface area is 165 Å². The number of imidazole rings is 1. The van der Waals surface area contributed by atoms with Gasteiger partial charge >= 0.3 is 12.3 Å². The van der Waals surface area contributed by atoms with Crippen molar-refractivity contribution in [3.05, 3.63) is 66.0 Å². The summed E-state index contributed by atoms with van der Waals surface area (Å²) in [6, 6.07) is 15.9. The van der Waals surface area contributed by atoms with Gasteiger partial charge in [0.1, 0.15) is 6.61 Å². The lowest BCUT2D eigenvalue weighted by Gasteiger charge is -2.18. The lowest BCUT2D eigenvalue weighted by atomic mass is 10.1. The molecule has 1 aliphatic heterocycles. The summed E-state index contributed by atoms with van der Waals surface area (Å²) >= 11 is 0. The van der Waals surface area contributed by atoms with Crippen molar-refractivity contribution in [2.75, 3.05) is 13.1 Å². The van der Waals surface area contributed by atoms with E-state index in [-0.39, 0.29) is 19.1 Å². The highest BCUT2D eigenvalue weighted by Crippen LogP contribution is 2.33. The quantitative estimate of drug-likeness (QED) is 0.634. The van der Waals surface area contributed by atoms with Crippen LogP contribution in [0.3, 0.4) is 0 Å². The molecule has 0 bridgehead atoms. The third kappa shape index (κ3) is 4.21. The Kier molecular flexibility index (Phi) is 5.17. The highest BCUT2D eigenvalue weighted by Gasteiger charge is 2.38. The number of fused-ring (bicyclic) bond motifs is 1. The van der Waals surface area contributed by atoms with Crippen molar-refractivity contribution < 1.29 is 22.7 Å². The number of hydrogen-bond donors (Lipinski definition) is 0. The fraction of sp³-hybridized carbons (Fsp3) is 0.333. The smallest absolute Gasteiger partial charge is 0.445 e. The molecule has 2 aromatic carbocycles. The predicted molar refractivity (Wildman–Crippen MR) is 101 cm³/mol. The van der Waals surface area contributed by atoms with Gasteiger partial charge in [-0.3, -0.25) is 0 Å². The molecule has 1 aromatic heterocycles. The molecule has 8 heteroatoms. The average Bonchev–Trinajstić information content (AvgIpc) is 3.32. The van der Waals surface area contributed by atoms with Crippen LogP contribution >= 0.6 is 0 Å². The zero-order chi connectivity index (χ0) is 20.4. The third-order valence-electron chi connectivity index (χ3n) is 5.10. The van der Waals surface area contributed by atoms with Crippen molar-refractivity contribution in [3.8, 4) is 0 Å². The van der Waals surface area contributed by atoms with Crippen LogP contribution in [0.1, 0.15) is 17.8 Å². The minimum absolute atomic E-state index is 0.0991. The second-order valence-electron chi connectivity index (χ2n) is 7.17. The number of carbonyl (C=O) groups is 1. The number of likely N-dealkylation sites (tertiary alicyclic amines) is 1. The van der Waals surface area contributed by atoms with Gasteiger partial charge in [-0.25, -0.2) is 9.78 Å². The molecule has 1 aliphatic rings. The monoisotopic (exact) mass is 403 g/mol. The molecule has 1 amide bonds. The first-order valence-electron chi connectivity index (χ1n) is 9.40. The van der Waals surface area contributed by atoms with Crippen molar-refractivity contribution in [1.82, 2.24) is 14.5 Å². The van der Waals surface area contributed by atoms with Gasteiger partial charge in [-0.15, -0.1) is 0 Å². The zero-order valence-corrected chi connectivity index (χ0v) is 15.6. The van der Waals surface area contributed by atoms with E-state index >= 15 is 0 Å². The summed E-state index contributed by atoms with van der Waals surface area (Å²) in [5.41, 5.74) is 1.65. The molecule has 2 heterocycles. The van der Waals surface area contributed by atoms with Crippen LogP contribution in [0.5, 0.6) is 0 Å². The summed E-state index contributed by atoms with van der Waals surface area (Å²) in [5, 5.41) is 0. The van der Waals surface area contributed by atoms with Crippen LogP contribution < -0.4 is 0 Å². The van der Waals surface area contributed by atoms with E-state index in [9.17, 15) is 18.0 Å². The largest absolute Gasteiger partial charge is 0.449 e. The SMILES string of the molecule is O=C(OCc1ccccc1)N1CC[C@H](Cn2c(C(F)(F)F)nc3ccccc32)C1. The molecule has 0 spiro atoms. The molecule has 1 atom stereocenters. The van der Waals surface area contributed by atoms with E-state index < -0.39 is 18.1 Å². The molecule has 0 radical (unpaired) electrons. The van der Waals surface area contributed by atoms with Crippen LogP contribution in [0.2, 0.25) is 0 Å². The van der Waals surface area contributed by atoms with E-state index in [1.54, 1.807) is 29.2 Å². The topological polar surface area (TPSA) is 47.4 Å². The molecule has 5 nitrogen and oxygen atoms in total. The van der Waals surface area contributed by atoms with Crippen molar-refractivity contribution in [2.24, 2.45) is 5.92 Å². The maximum atomic E-state index is 13.5. The van der Waals surface area contributed by atoms with Crippen molar-refractivity contribution in [3.63, 3.8) is 0 Å². The average molecular weight is 403 g/mol. The molecular weight excluding hydrogens is 383 g/mol. The van der Waals surface area contributed by atoms with Gasteiger partial charge in [-0.05, 0) is 30.0 Å². The Morgan fingerprint density at radius 2 is 1.83 bits per heavy atom. The Morgan fingerprint density at radius 3 is 2.59 bits per heavy atom. The van der Waals surface area contributed by atoms with Gasteiger partial charge in [-0.1, -0.05) is 42.5 Å². The number of nitrogens with zero attached hydrogens (tertiary/aromatic N) is 3. The van der Waals surface area contributed by atoms with Gasteiger partial charge in [-0.2, -0.15) is 13.2 Å². The molecular formula is C21H20F3N3O2. The van der Waals surface area contributed by atoms with Crippen LogP contribution in [0, 0.1) is 5.92 Å². The summed E-state index contributed by atoms with van der Waals surface area (Å²) in [4.78, 5) is 17.6. The van der Waals surface area contributed by atoms with E-state index in [4.69, 9.17) is 4.74 Å². The fourth-order valence-corrected chi connectivity index (χ4v) is 3.69. The Balaban J connectivity index is 1.43. The van der Waals surface area contributed by atoms with E-state index in [2.05, 4.69) is 4.98 Å². The summed E-state index contributed by atoms with van der Waals surface area (Å²) in [5.74, 6) is -0.998. The molecule has 1 saturated heterocycles. The highest BCUT2D eigenvalue weighted by molar-refractivity contribution is 5.76. The lowest BCUT2D eigenvalue weighted by Crippen LogP contribution is -2.30. The number of ether oxygens (including phenoxy) is 1. The molecule has 0 unspecified atom stereocenters. The van der Waals surface area contributed by atoms with Gasteiger partial charge < -0.3 is 14.2 Å². The highest BCUT2D eigenvalue weighted by atomic mass is 19.4. The number of hydrogen-bond acceptors (Lipinski definition) is 3. The van der Waals surface area contributed by atoms with E-state index in [1.165, 1.54) is 4.57 Å². The Bertz CT molecular complexity index is 1000. The summed E-state index contributed by atoms with van der Waals surface area (Å²) in [7, 11) is 0. The van der Waals surface area contributed by atoms with E-state index in [0.29, 0.717) is 30.5 Å². The first kappa shape index (κ1) is 19.3. The minimum atomic E-state index is -4.54. The summed E-state index contributed by atoms with van der Waals surface area (Å²) in [6.45, 7) is 1.15. The van der Waals surface area contributed by atoms with E-state index in [1.807, 2.05) is 30.3 Å². The van der Waals surface area contributed by atoms with Crippen LogP contribution in [0.15, 0.2) is 54.6 Å². The number of amides is 1.